The van der Waals surface area contributed by atoms with E-state index in [-0.39, 0.29) is 17.2 Å². The Labute approximate surface area is 122 Å². The molecule has 0 N–H and O–H groups in total. The standard InChI is InChI=1S/C14H13NO5S/c1-11-4-2-5-12(8-11)10-21(18,19)20-14-7-3-6-13(9-14)15(16)17/h2-9H,10H2,1H3. The van der Waals surface area contributed by atoms with Crippen molar-refractivity contribution in [2.45, 2.75) is 12.7 Å². The number of non-ortho nitro benzene ring substituents is 1. The average Bonchev–Trinajstić information content (AvgIpc) is 2.37. The molecular weight excluding hydrogens is 294 g/mol. The second kappa shape index (κ2) is 5.92. The number of nitrogens with zero attached hydrogens (tertiary/aromatic N) is 1. The maximum atomic E-state index is 12.0. The Balaban J connectivity index is 2.18. The van der Waals surface area contributed by atoms with E-state index < -0.39 is 15.0 Å². The summed E-state index contributed by atoms with van der Waals surface area (Å²) in [5.41, 5.74) is 1.32. The summed E-state index contributed by atoms with van der Waals surface area (Å²) in [6.07, 6.45) is 0. The smallest absolute Gasteiger partial charge is 0.313 e. The predicted molar refractivity (Wildman–Crippen MR) is 77.5 cm³/mol. The highest BCUT2D eigenvalue weighted by Crippen LogP contribution is 2.21. The molecule has 0 aliphatic carbocycles. The lowest BCUT2D eigenvalue weighted by Crippen LogP contribution is -2.12. The molecule has 0 aliphatic heterocycles. The van der Waals surface area contributed by atoms with Crippen LogP contribution in [0, 0.1) is 17.0 Å². The van der Waals surface area contributed by atoms with E-state index in [4.69, 9.17) is 4.18 Å². The zero-order valence-electron chi connectivity index (χ0n) is 11.2. The first-order valence-corrected chi connectivity index (χ1v) is 7.66. The number of hydrogen-bond donors (Lipinski definition) is 0. The summed E-state index contributed by atoms with van der Waals surface area (Å²) < 4.78 is 28.8. The van der Waals surface area contributed by atoms with Crippen LogP contribution < -0.4 is 4.18 Å². The van der Waals surface area contributed by atoms with Crippen molar-refractivity contribution >= 4 is 15.8 Å². The van der Waals surface area contributed by atoms with Gasteiger partial charge in [0.05, 0.1) is 11.0 Å². The van der Waals surface area contributed by atoms with Crippen LogP contribution in [-0.4, -0.2) is 13.3 Å². The zero-order chi connectivity index (χ0) is 15.5. The quantitative estimate of drug-likeness (QED) is 0.481. The van der Waals surface area contributed by atoms with Gasteiger partial charge in [0.15, 0.2) is 0 Å². The summed E-state index contributed by atoms with van der Waals surface area (Å²) in [5.74, 6) is -0.367. The van der Waals surface area contributed by atoms with Gasteiger partial charge in [-0.1, -0.05) is 35.9 Å². The molecule has 0 saturated heterocycles. The summed E-state index contributed by atoms with van der Waals surface area (Å²) in [7, 11) is -3.87. The summed E-state index contributed by atoms with van der Waals surface area (Å²) in [6.45, 7) is 1.86. The van der Waals surface area contributed by atoms with E-state index in [1.165, 1.54) is 18.2 Å². The Bertz CT molecular complexity index is 770. The van der Waals surface area contributed by atoms with Crippen molar-refractivity contribution in [2.75, 3.05) is 0 Å². The normalized spacial score (nSPS) is 11.1. The van der Waals surface area contributed by atoms with Gasteiger partial charge in [0, 0.05) is 6.07 Å². The third-order valence-electron chi connectivity index (χ3n) is 2.68. The van der Waals surface area contributed by atoms with Crippen molar-refractivity contribution in [3.8, 4) is 5.75 Å². The Morgan fingerprint density at radius 1 is 1.14 bits per heavy atom. The van der Waals surface area contributed by atoms with Crippen molar-refractivity contribution in [1.29, 1.82) is 0 Å². The van der Waals surface area contributed by atoms with Crippen LogP contribution in [0.1, 0.15) is 11.1 Å². The number of nitro groups is 1. The van der Waals surface area contributed by atoms with Crippen LogP contribution in [0.25, 0.3) is 0 Å². The van der Waals surface area contributed by atoms with E-state index in [1.807, 2.05) is 13.0 Å². The number of rotatable bonds is 5. The molecule has 0 unspecified atom stereocenters. The number of benzene rings is 2. The lowest BCUT2D eigenvalue weighted by Gasteiger charge is -2.07. The van der Waals surface area contributed by atoms with Crippen molar-refractivity contribution < 1.29 is 17.5 Å². The van der Waals surface area contributed by atoms with Gasteiger partial charge >= 0.3 is 10.1 Å². The van der Waals surface area contributed by atoms with E-state index in [2.05, 4.69) is 0 Å². The van der Waals surface area contributed by atoms with Gasteiger partial charge in [-0.15, -0.1) is 0 Å². The first-order valence-electron chi connectivity index (χ1n) is 6.08. The molecule has 0 amide bonds. The number of nitro benzene ring substituents is 1. The van der Waals surface area contributed by atoms with Gasteiger partial charge in [-0.2, -0.15) is 8.42 Å². The van der Waals surface area contributed by atoms with E-state index >= 15 is 0 Å². The predicted octanol–water partition coefficient (Wildman–Crippen LogP) is 2.81. The average molecular weight is 307 g/mol. The molecule has 0 bridgehead atoms. The van der Waals surface area contributed by atoms with Gasteiger partial charge in [0.1, 0.15) is 11.5 Å². The number of hydrogen-bond acceptors (Lipinski definition) is 5. The summed E-state index contributed by atoms with van der Waals surface area (Å²) in [5, 5.41) is 10.6. The molecule has 110 valence electrons. The first-order chi connectivity index (χ1) is 9.85. The summed E-state index contributed by atoms with van der Waals surface area (Å²) >= 11 is 0. The maximum absolute atomic E-state index is 12.0. The molecule has 0 aromatic heterocycles. The van der Waals surface area contributed by atoms with Gasteiger partial charge in [-0.05, 0) is 18.6 Å². The van der Waals surface area contributed by atoms with Crippen LogP contribution in [0.2, 0.25) is 0 Å². The number of aryl methyl sites for hydroxylation is 1. The van der Waals surface area contributed by atoms with Crippen LogP contribution in [0.4, 0.5) is 5.69 Å². The molecule has 6 nitrogen and oxygen atoms in total. The van der Waals surface area contributed by atoms with Crippen LogP contribution >= 0.6 is 0 Å². The highest BCUT2D eigenvalue weighted by Gasteiger charge is 2.16. The fourth-order valence-corrected chi connectivity index (χ4v) is 2.87. The Morgan fingerprint density at radius 3 is 2.52 bits per heavy atom. The second-order valence-electron chi connectivity index (χ2n) is 4.53. The third-order valence-corrected chi connectivity index (χ3v) is 3.81. The highest BCUT2D eigenvalue weighted by molar-refractivity contribution is 7.86. The molecule has 0 radical (unpaired) electrons. The molecule has 0 spiro atoms. The molecular formula is C14H13NO5S. The molecule has 2 aromatic rings. The van der Waals surface area contributed by atoms with E-state index in [1.54, 1.807) is 18.2 Å². The van der Waals surface area contributed by atoms with Crippen molar-refractivity contribution in [3.05, 3.63) is 69.8 Å². The van der Waals surface area contributed by atoms with E-state index in [9.17, 15) is 18.5 Å². The monoisotopic (exact) mass is 307 g/mol. The Kier molecular flexibility index (Phi) is 4.23. The van der Waals surface area contributed by atoms with Gasteiger partial charge in [0.2, 0.25) is 0 Å². The molecule has 0 aliphatic rings. The molecule has 2 rings (SSSR count). The minimum atomic E-state index is -3.87. The van der Waals surface area contributed by atoms with Gasteiger partial charge in [-0.25, -0.2) is 0 Å². The topological polar surface area (TPSA) is 86.5 Å². The van der Waals surface area contributed by atoms with Crippen molar-refractivity contribution in [1.82, 2.24) is 0 Å². The van der Waals surface area contributed by atoms with Gasteiger partial charge < -0.3 is 4.18 Å². The Hall–Kier alpha value is -2.41. The maximum Gasteiger partial charge on any atom is 0.313 e. The van der Waals surface area contributed by atoms with Gasteiger partial charge in [0.25, 0.3) is 5.69 Å². The fraction of sp³-hybridized carbons (Fsp3) is 0.143. The minimum Gasteiger partial charge on any atom is -0.382 e. The van der Waals surface area contributed by atoms with Crippen LogP contribution in [0.5, 0.6) is 5.75 Å². The largest absolute Gasteiger partial charge is 0.382 e. The molecule has 2 aromatic carbocycles. The molecule has 0 saturated carbocycles. The molecule has 7 heteroatoms. The summed E-state index contributed by atoms with van der Waals surface area (Å²) in [4.78, 5) is 10.0. The third kappa shape index (κ3) is 4.28. The first kappa shape index (κ1) is 15.0. The molecule has 0 fully saturated rings. The van der Waals surface area contributed by atoms with Crippen LogP contribution in [0.15, 0.2) is 48.5 Å². The summed E-state index contributed by atoms with van der Waals surface area (Å²) in [6, 6.07) is 12.1. The SMILES string of the molecule is Cc1cccc(CS(=O)(=O)Oc2cccc([N+](=O)[O-])c2)c1. The molecule has 0 atom stereocenters. The molecule has 21 heavy (non-hydrogen) atoms. The second-order valence-corrected chi connectivity index (χ2v) is 6.10. The van der Waals surface area contributed by atoms with E-state index in [0.29, 0.717) is 5.56 Å². The molecule has 0 heterocycles. The lowest BCUT2D eigenvalue weighted by atomic mass is 10.2. The highest BCUT2D eigenvalue weighted by atomic mass is 32.2. The zero-order valence-corrected chi connectivity index (χ0v) is 12.0. The van der Waals surface area contributed by atoms with E-state index in [0.717, 1.165) is 11.6 Å². The Morgan fingerprint density at radius 2 is 1.86 bits per heavy atom. The van der Waals surface area contributed by atoms with Gasteiger partial charge in [-0.3, -0.25) is 10.1 Å². The lowest BCUT2D eigenvalue weighted by molar-refractivity contribution is -0.384. The van der Waals surface area contributed by atoms with Crippen molar-refractivity contribution in [2.24, 2.45) is 0 Å². The fourth-order valence-electron chi connectivity index (χ4n) is 1.83. The van der Waals surface area contributed by atoms with Crippen LogP contribution in [-0.2, 0) is 15.9 Å². The van der Waals surface area contributed by atoms with Crippen molar-refractivity contribution in [3.63, 3.8) is 0 Å². The minimum absolute atomic E-state index is 0.0724. The van der Waals surface area contributed by atoms with Crippen LogP contribution in [0.3, 0.4) is 0 Å².